The van der Waals surface area contributed by atoms with Crippen LogP contribution in [0.5, 0.6) is 0 Å². The minimum atomic E-state index is -2.54. The maximum Gasteiger partial charge on any atom is 0.308 e. The highest BCUT2D eigenvalue weighted by Crippen LogP contribution is 2.53. The maximum atomic E-state index is 14.0. The normalized spacial score (nSPS) is 41.4. The van der Waals surface area contributed by atoms with Crippen LogP contribution in [0.3, 0.4) is 0 Å². The number of aryl methyl sites for hydroxylation is 2. The molecule has 7 rings (SSSR count). The number of ether oxygens (including phenoxy) is 1. The molecule has 4 heterocycles. The number of thioether (sulfide) groups is 1. The van der Waals surface area contributed by atoms with E-state index in [4.69, 9.17) is 21.3 Å². The van der Waals surface area contributed by atoms with Gasteiger partial charge in [0, 0.05) is 65.5 Å². The van der Waals surface area contributed by atoms with Gasteiger partial charge < -0.3 is 15.2 Å². The number of nitrogens with one attached hydrogen (secondary N) is 1. The number of piperidine rings is 1. The molecule has 3 aliphatic heterocycles. The number of alkyl halides is 3. The van der Waals surface area contributed by atoms with Crippen LogP contribution in [0.2, 0.25) is 0 Å². The number of aromatic nitrogens is 2. The van der Waals surface area contributed by atoms with Crippen molar-refractivity contribution in [1.29, 1.82) is 0 Å². The lowest BCUT2D eigenvalue weighted by Crippen LogP contribution is -2.57. The summed E-state index contributed by atoms with van der Waals surface area (Å²) >= 11 is 8.50. The van der Waals surface area contributed by atoms with Crippen LogP contribution in [0.15, 0.2) is 4.79 Å². The smallest absolute Gasteiger partial charge is 0.308 e. The van der Waals surface area contributed by atoms with E-state index in [1.165, 1.54) is 0 Å². The summed E-state index contributed by atoms with van der Waals surface area (Å²) in [6, 6.07) is 0.307. The molecular formula is C32H45ClF2N4O4S. The zero-order valence-electron chi connectivity index (χ0n) is 25.6. The quantitative estimate of drug-likeness (QED) is 0.427. The third kappa shape index (κ3) is 5.64. The third-order valence-corrected chi connectivity index (χ3v) is 13.8. The van der Waals surface area contributed by atoms with Gasteiger partial charge in [-0.05, 0) is 76.5 Å². The van der Waals surface area contributed by atoms with Gasteiger partial charge in [-0.15, -0.1) is 11.6 Å². The van der Waals surface area contributed by atoms with Crippen LogP contribution >= 0.6 is 23.4 Å². The number of hydrogen-bond donors (Lipinski definition) is 2. The van der Waals surface area contributed by atoms with Crippen molar-refractivity contribution >= 4 is 29.3 Å². The lowest BCUT2D eigenvalue weighted by atomic mass is 9.70. The molecule has 12 heteroatoms. The molecule has 0 amide bonds. The molecule has 2 N–H and O–H groups in total. The Bertz CT molecular complexity index is 1330. The molecule has 0 spiro atoms. The second kappa shape index (κ2) is 12.1. The maximum absolute atomic E-state index is 14.0. The van der Waals surface area contributed by atoms with Crippen molar-refractivity contribution in [3.05, 3.63) is 27.4 Å². The lowest BCUT2D eigenvalue weighted by molar-refractivity contribution is -0.152. The monoisotopic (exact) mass is 654 g/mol. The minimum Gasteiger partial charge on any atom is -0.481 e. The molecule has 3 aliphatic carbocycles. The predicted octanol–water partition coefficient (Wildman–Crippen LogP) is 3.97. The summed E-state index contributed by atoms with van der Waals surface area (Å²) in [4.78, 5) is 32.8. The van der Waals surface area contributed by atoms with Gasteiger partial charge >= 0.3 is 5.97 Å². The van der Waals surface area contributed by atoms with Gasteiger partial charge in [0.1, 0.15) is 5.82 Å². The van der Waals surface area contributed by atoms with Crippen molar-refractivity contribution in [2.45, 2.75) is 113 Å². The van der Waals surface area contributed by atoms with Gasteiger partial charge in [-0.25, -0.2) is 13.8 Å². The van der Waals surface area contributed by atoms with Crippen LogP contribution in [-0.4, -0.2) is 91.8 Å². The van der Waals surface area contributed by atoms with E-state index in [-0.39, 0.29) is 64.6 Å². The van der Waals surface area contributed by atoms with Gasteiger partial charge in [-0.2, -0.15) is 11.8 Å². The lowest BCUT2D eigenvalue weighted by Gasteiger charge is -2.47. The number of fused-ring (bicyclic) bond motifs is 3. The Morgan fingerprint density at radius 3 is 2.80 bits per heavy atom. The zero-order valence-corrected chi connectivity index (χ0v) is 27.2. The number of rotatable bonds is 7. The first kappa shape index (κ1) is 31.3. The van der Waals surface area contributed by atoms with E-state index in [0.717, 1.165) is 43.4 Å². The number of halogens is 3. The molecule has 1 aromatic heterocycles. The van der Waals surface area contributed by atoms with E-state index in [1.807, 2.05) is 6.92 Å². The van der Waals surface area contributed by atoms with E-state index in [2.05, 4.69) is 17.1 Å². The second-order valence-corrected chi connectivity index (χ2v) is 16.3. The number of hydrogen-bond acceptors (Lipinski definition) is 7. The second-order valence-electron chi connectivity index (χ2n) is 14.4. The molecule has 0 radical (unpaired) electrons. The van der Waals surface area contributed by atoms with Crippen molar-refractivity contribution in [2.24, 2.45) is 29.6 Å². The van der Waals surface area contributed by atoms with Gasteiger partial charge in [0.2, 0.25) is 0 Å². The van der Waals surface area contributed by atoms with Crippen LogP contribution in [0.1, 0.15) is 62.5 Å². The number of carbonyl (C=O) groups is 1. The van der Waals surface area contributed by atoms with Crippen LogP contribution < -0.4 is 10.9 Å². The summed E-state index contributed by atoms with van der Waals surface area (Å²) < 4.78 is 36.4. The Morgan fingerprint density at radius 2 is 2.05 bits per heavy atom. The summed E-state index contributed by atoms with van der Waals surface area (Å²) in [5.74, 6) is -2.21. The van der Waals surface area contributed by atoms with E-state index in [9.17, 15) is 23.5 Å². The molecule has 3 saturated heterocycles. The molecule has 6 aliphatic rings. The average Bonchev–Trinajstić information content (AvgIpc) is 3.57. The highest BCUT2D eigenvalue weighted by atomic mass is 35.5. The molecule has 8 unspecified atom stereocenters. The SMILES string of the molecule is Cc1nc2c(c(=O)n1CCOC1CCC(Cl)CC1C1CC(C)NC3C(C(=O)O)CSC13)C[C@H](N1C[C@@H]3CC(F)(F)[C@@H]3C1)CC2. The fourth-order valence-corrected chi connectivity index (χ4v) is 11.7. The number of carboxylic acid groups (broad SMARTS) is 1. The van der Waals surface area contributed by atoms with Crippen LogP contribution in [0.25, 0.3) is 0 Å². The van der Waals surface area contributed by atoms with Crippen molar-refractivity contribution in [3.63, 3.8) is 0 Å². The molecule has 44 heavy (non-hydrogen) atoms. The Balaban J connectivity index is 1.02. The van der Waals surface area contributed by atoms with E-state index < -0.39 is 17.8 Å². The largest absolute Gasteiger partial charge is 0.481 e. The van der Waals surface area contributed by atoms with Gasteiger partial charge in [0.15, 0.2) is 0 Å². The highest BCUT2D eigenvalue weighted by Gasteiger charge is 2.60. The topological polar surface area (TPSA) is 96.7 Å². The van der Waals surface area contributed by atoms with Crippen LogP contribution in [0, 0.1) is 36.5 Å². The zero-order chi connectivity index (χ0) is 30.9. The first-order valence-corrected chi connectivity index (χ1v) is 18.1. The molecule has 244 valence electrons. The number of aliphatic carboxylic acids is 1. The standard InChI is InChI=1S/C32H45ClF2N4O4S/c1-16-9-22(29-28(36-16)24(15-44-29)31(41)42)21-10-19(33)3-6-27(21)43-8-7-39-17(2)37-26-5-4-20(11-23(26)30(39)40)38-13-18-12-32(34,35)25(18)14-38/h16,18-22,24-25,27-29,36H,3-15H2,1-2H3,(H,41,42)/t16?,18-,19?,20+,21?,22?,24?,25+,27?,28?,29?/m0/s1. The molecular weight excluding hydrogens is 610 g/mol. The number of nitrogens with zero attached hydrogens (tertiary/aromatic N) is 3. The van der Waals surface area contributed by atoms with Crippen LogP contribution in [-0.2, 0) is 28.9 Å². The molecule has 0 bridgehead atoms. The molecule has 8 nitrogen and oxygen atoms in total. The first-order valence-electron chi connectivity index (χ1n) is 16.6. The Labute approximate surface area is 267 Å². The number of likely N-dealkylation sites (tertiary alicyclic amines) is 1. The summed E-state index contributed by atoms with van der Waals surface area (Å²) in [5, 5.41) is 13.7. The third-order valence-electron chi connectivity index (χ3n) is 11.8. The minimum absolute atomic E-state index is 0.00197. The van der Waals surface area contributed by atoms with E-state index in [1.54, 1.807) is 16.3 Å². The van der Waals surface area contributed by atoms with Gasteiger partial charge in [0.05, 0.1) is 30.9 Å². The van der Waals surface area contributed by atoms with E-state index in [0.29, 0.717) is 56.6 Å². The van der Waals surface area contributed by atoms with E-state index >= 15 is 0 Å². The van der Waals surface area contributed by atoms with Crippen LogP contribution in [0.4, 0.5) is 8.78 Å². The summed E-state index contributed by atoms with van der Waals surface area (Å²) in [7, 11) is 0. The molecule has 11 atom stereocenters. The van der Waals surface area contributed by atoms with Crippen molar-refractivity contribution in [1.82, 2.24) is 19.8 Å². The average molecular weight is 655 g/mol. The Morgan fingerprint density at radius 1 is 1.23 bits per heavy atom. The molecule has 0 aromatic carbocycles. The van der Waals surface area contributed by atoms with Crippen molar-refractivity contribution in [3.8, 4) is 0 Å². The summed E-state index contributed by atoms with van der Waals surface area (Å²) in [6.07, 6.45) is 5.71. The number of carboxylic acids is 1. The first-order chi connectivity index (χ1) is 21.0. The summed E-state index contributed by atoms with van der Waals surface area (Å²) in [6.45, 7) is 5.96. The van der Waals surface area contributed by atoms with Gasteiger partial charge in [0.25, 0.3) is 11.5 Å². The molecule has 1 aromatic rings. The summed E-state index contributed by atoms with van der Waals surface area (Å²) in [5.41, 5.74) is 1.57. The molecule has 2 saturated carbocycles. The Hall–Kier alpha value is -1.27. The van der Waals surface area contributed by atoms with Crippen molar-refractivity contribution in [2.75, 3.05) is 25.4 Å². The highest BCUT2D eigenvalue weighted by molar-refractivity contribution is 8.00. The molecule has 5 fully saturated rings. The fourth-order valence-electron chi connectivity index (χ4n) is 9.52. The van der Waals surface area contributed by atoms with Gasteiger partial charge in [-0.3, -0.25) is 19.1 Å². The fraction of sp³-hybridized carbons (Fsp3) is 0.844. The van der Waals surface area contributed by atoms with Crippen molar-refractivity contribution < 1.29 is 23.4 Å². The Kier molecular flexibility index (Phi) is 8.60. The predicted molar refractivity (Wildman–Crippen MR) is 166 cm³/mol. The van der Waals surface area contributed by atoms with Gasteiger partial charge in [-0.1, -0.05) is 0 Å².